The number of piperazine rings is 1. The first kappa shape index (κ1) is 23.5. The van der Waals surface area contributed by atoms with Crippen LogP contribution in [0.3, 0.4) is 0 Å². The van der Waals surface area contributed by atoms with E-state index in [9.17, 15) is 4.79 Å². The molecule has 0 saturated carbocycles. The predicted octanol–water partition coefficient (Wildman–Crippen LogP) is 4.21. The number of fused-ring (bicyclic) bond motifs is 4. The molecule has 1 saturated heterocycles. The molecule has 2 aliphatic heterocycles. The van der Waals surface area contributed by atoms with E-state index in [-0.39, 0.29) is 5.91 Å². The second-order valence-electron chi connectivity index (χ2n) is 10.3. The van der Waals surface area contributed by atoms with Crippen molar-refractivity contribution in [2.45, 2.75) is 19.4 Å². The molecule has 0 radical (unpaired) electrons. The number of amides is 1. The fraction of sp³-hybridized carbons (Fsp3) is 0.345. The first-order valence-corrected chi connectivity index (χ1v) is 12.8. The van der Waals surface area contributed by atoms with Gasteiger partial charge in [0.25, 0.3) is 5.91 Å². The molecular weight excluding hydrogens is 464 g/mol. The second-order valence-corrected chi connectivity index (χ2v) is 10.3. The van der Waals surface area contributed by atoms with E-state index in [1.807, 2.05) is 36.7 Å². The third kappa shape index (κ3) is 4.21. The number of aryl methyl sites for hydroxylation is 1. The van der Waals surface area contributed by atoms with Gasteiger partial charge in [0.15, 0.2) is 5.65 Å². The van der Waals surface area contributed by atoms with Crippen molar-refractivity contribution in [3.8, 4) is 28.1 Å². The molecule has 0 aliphatic carbocycles. The van der Waals surface area contributed by atoms with Crippen LogP contribution in [0.4, 0.5) is 5.69 Å². The van der Waals surface area contributed by atoms with Gasteiger partial charge in [0, 0.05) is 69.1 Å². The Hall–Kier alpha value is -3.91. The fourth-order valence-electron chi connectivity index (χ4n) is 5.53. The fourth-order valence-corrected chi connectivity index (χ4v) is 5.53. The highest BCUT2D eigenvalue weighted by atomic mass is 16.5. The van der Waals surface area contributed by atoms with Crippen LogP contribution in [-0.2, 0) is 0 Å². The van der Waals surface area contributed by atoms with Gasteiger partial charge < -0.3 is 24.4 Å². The SMILES string of the molecule is Cc1cc(-c2cnc3[nH]cc(-c4ccc(C(=O)N(C)C)cc4)c3n2)cc2c1N1CCN(C)C[C@H]1CCO2. The molecule has 1 N–H and O–H groups in total. The number of hydrogen-bond acceptors (Lipinski definition) is 6. The number of aromatic nitrogens is 3. The number of hydrogen-bond donors (Lipinski definition) is 1. The molecule has 2 aromatic carbocycles. The van der Waals surface area contributed by atoms with Crippen LogP contribution in [0.2, 0.25) is 0 Å². The molecular formula is C29H32N6O2. The molecule has 2 aliphatic rings. The molecule has 1 amide bonds. The lowest BCUT2D eigenvalue weighted by Gasteiger charge is -2.41. The zero-order valence-corrected chi connectivity index (χ0v) is 21.8. The molecule has 4 heterocycles. The van der Waals surface area contributed by atoms with Gasteiger partial charge in [-0.3, -0.25) is 4.79 Å². The van der Waals surface area contributed by atoms with E-state index in [2.05, 4.69) is 45.9 Å². The lowest BCUT2D eigenvalue weighted by Crippen LogP contribution is -2.52. The van der Waals surface area contributed by atoms with Gasteiger partial charge in [-0.15, -0.1) is 0 Å². The maximum absolute atomic E-state index is 12.3. The van der Waals surface area contributed by atoms with E-state index >= 15 is 0 Å². The van der Waals surface area contributed by atoms with Crippen molar-refractivity contribution in [2.24, 2.45) is 0 Å². The molecule has 6 rings (SSSR count). The van der Waals surface area contributed by atoms with Crippen LogP contribution in [0.1, 0.15) is 22.3 Å². The van der Waals surface area contributed by atoms with Crippen LogP contribution in [0.25, 0.3) is 33.5 Å². The minimum absolute atomic E-state index is 0.0174. The summed E-state index contributed by atoms with van der Waals surface area (Å²) in [7, 11) is 5.71. The summed E-state index contributed by atoms with van der Waals surface area (Å²) in [4.78, 5) is 31.7. The Morgan fingerprint density at radius 2 is 1.95 bits per heavy atom. The number of nitrogens with one attached hydrogen (secondary N) is 1. The highest BCUT2D eigenvalue weighted by molar-refractivity contribution is 5.96. The molecule has 0 bridgehead atoms. The van der Waals surface area contributed by atoms with Gasteiger partial charge in [-0.05, 0) is 49.4 Å². The zero-order chi connectivity index (χ0) is 25.7. The Morgan fingerprint density at radius 3 is 2.73 bits per heavy atom. The molecule has 1 fully saturated rings. The summed E-state index contributed by atoms with van der Waals surface area (Å²) < 4.78 is 6.29. The summed E-state index contributed by atoms with van der Waals surface area (Å²) in [6.07, 6.45) is 4.76. The van der Waals surface area contributed by atoms with Crippen LogP contribution in [-0.4, -0.2) is 84.1 Å². The quantitative estimate of drug-likeness (QED) is 0.458. The number of likely N-dealkylation sites (N-methyl/N-ethyl adjacent to an activating group) is 1. The highest BCUT2D eigenvalue weighted by Gasteiger charge is 2.31. The van der Waals surface area contributed by atoms with Crippen LogP contribution in [0, 0.1) is 6.92 Å². The standard InChI is InChI=1S/C29H32N6O2/c1-18-13-21(14-25-27(18)35-11-10-34(4)17-22(35)9-12-37-25)24-16-31-28-26(32-24)23(15-30-28)19-5-7-20(8-6-19)29(36)33(2)3/h5-8,13-16,22H,9-12,17H2,1-4H3,(H,30,31)/t22-/m1/s1. The lowest BCUT2D eigenvalue weighted by atomic mass is 10.0. The summed E-state index contributed by atoms with van der Waals surface area (Å²) in [5, 5.41) is 0. The van der Waals surface area contributed by atoms with Crippen molar-refractivity contribution in [3.05, 3.63) is 59.9 Å². The highest BCUT2D eigenvalue weighted by Crippen LogP contribution is 2.41. The molecule has 4 aromatic rings. The number of ether oxygens (including phenoxy) is 1. The second kappa shape index (κ2) is 9.19. The smallest absolute Gasteiger partial charge is 0.253 e. The van der Waals surface area contributed by atoms with Gasteiger partial charge in [0.2, 0.25) is 0 Å². The largest absolute Gasteiger partial charge is 0.491 e. The monoisotopic (exact) mass is 496 g/mol. The van der Waals surface area contributed by atoms with Crippen molar-refractivity contribution >= 4 is 22.8 Å². The van der Waals surface area contributed by atoms with Crippen molar-refractivity contribution < 1.29 is 9.53 Å². The molecule has 2 aromatic heterocycles. The number of aromatic amines is 1. The third-order valence-electron chi connectivity index (χ3n) is 7.47. The summed E-state index contributed by atoms with van der Waals surface area (Å²) in [6.45, 7) is 6.00. The van der Waals surface area contributed by atoms with Crippen molar-refractivity contribution in [1.29, 1.82) is 0 Å². The Balaban J connectivity index is 1.37. The maximum atomic E-state index is 12.3. The molecule has 8 heteroatoms. The van der Waals surface area contributed by atoms with Gasteiger partial charge in [-0.1, -0.05) is 12.1 Å². The zero-order valence-electron chi connectivity index (χ0n) is 21.8. The predicted molar refractivity (Wildman–Crippen MR) is 146 cm³/mol. The third-order valence-corrected chi connectivity index (χ3v) is 7.47. The Morgan fingerprint density at radius 1 is 1.14 bits per heavy atom. The van der Waals surface area contributed by atoms with Crippen molar-refractivity contribution in [3.63, 3.8) is 0 Å². The summed E-state index contributed by atoms with van der Waals surface area (Å²) in [5.41, 5.74) is 8.34. The minimum atomic E-state index is -0.0174. The van der Waals surface area contributed by atoms with Crippen LogP contribution in [0.15, 0.2) is 48.8 Å². The topological polar surface area (TPSA) is 77.6 Å². The number of anilines is 1. The summed E-state index contributed by atoms with van der Waals surface area (Å²) in [6, 6.07) is 12.4. The average Bonchev–Trinajstić information content (AvgIpc) is 3.23. The van der Waals surface area contributed by atoms with Crippen molar-refractivity contribution in [2.75, 3.05) is 52.3 Å². The minimum Gasteiger partial charge on any atom is -0.491 e. The van der Waals surface area contributed by atoms with E-state index in [0.29, 0.717) is 18.2 Å². The molecule has 0 spiro atoms. The van der Waals surface area contributed by atoms with Crippen LogP contribution < -0.4 is 9.64 Å². The average molecular weight is 497 g/mol. The number of carbonyl (C=O) groups is 1. The Kier molecular flexibility index (Phi) is 5.83. The Labute approximate surface area is 216 Å². The lowest BCUT2D eigenvalue weighted by molar-refractivity contribution is 0.0827. The number of benzene rings is 2. The number of carbonyl (C=O) groups excluding carboxylic acids is 1. The van der Waals surface area contributed by atoms with E-state index in [1.165, 1.54) is 11.3 Å². The molecule has 37 heavy (non-hydrogen) atoms. The molecule has 0 unspecified atom stereocenters. The molecule has 8 nitrogen and oxygen atoms in total. The normalized spacial score (nSPS) is 17.6. The van der Waals surface area contributed by atoms with Gasteiger partial charge in [0.1, 0.15) is 11.3 Å². The van der Waals surface area contributed by atoms with Crippen LogP contribution >= 0.6 is 0 Å². The number of H-pyrrole nitrogens is 1. The van der Waals surface area contributed by atoms with Gasteiger partial charge in [-0.2, -0.15) is 0 Å². The summed E-state index contributed by atoms with van der Waals surface area (Å²) >= 11 is 0. The van der Waals surface area contributed by atoms with E-state index in [4.69, 9.17) is 9.72 Å². The first-order valence-electron chi connectivity index (χ1n) is 12.8. The van der Waals surface area contributed by atoms with Gasteiger partial charge >= 0.3 is 0 Å². The first-order chi connectivity index (χ1) is 17.9. The number of nitrogens with zero attached hydrogens (tertiary/aromatic N) is 5. The van der Waals surface area contributed by atoms with Gasteiger partial charge in [-0.25, -0.2) is 9.97 Å². The number of rotatable bonds is 3. The van der Waals surface area contributed by atoms with Crippen molar-refractivity contribution in [1.82, 2.24) is 24.8 Å². The molecule has 190 valence electrons. The Bertz CT molecular complexity index is 1480. The van der Waals surface area contributed by atoms with E-state index in [0.717, 1.165) is 65.4 Å². The van der Waals surface area contributed by atoms with E-state index < -0.39 is 0 Å². The van der Waals surface area contributed by atoms with Crippen LogP contribution in [0.5, 0.6) is 5.75 Å². The molecule has 1 atom stereocenters. The maximum Gasteiger partial charge on any atom is 0.253 e. The summed E-state index contributed by atoms with van der Waals surface area (Å²) in [5.74, 6) is 0.913. The van der Waals surface area contributed by atoms with Gasteiger partial charge in [0.05, 0.1) is 24.2 Å². The van der Waals surface area contributed by atoms with E-state index in [1.54, 1.807) is 19.0 Å².